The molecule has 1 aromatic carbocycles. The molecule has 0 saturated heterocycles. The van der Waals surface area contributed by atoms with Crippen molar-refractivity contribution in [1.82, 2.24) is 9.55 Å². The van der Waals surface area contributed by atoms with Crippen LogP contribution in [-0.2, 0) is 6.54 Å². The van der Waals surface area contributed by atoms with E-state index in [1.165, 1.54) is 18.0 Å². The maximum absolute atomic E-state index is 12.8. The number of ether oxygens (including phenoxy) is 1. The molecule has 7 heteroatoms. The zero-order chi connectivity index (χ0) is 15.1. The van der Waals surface area contributed by atoms with Crippen LogP contribution in [0.4, 0.5) is 5.69 Å². The van der Waals surface area contributed by atoms with Gasteiger partial charge in [-0.05, 0) is 12.1 Å². The lowest BCUT2D eigenvalue weighted by molar-refractivity contribution is 0.0973. The van der Waals surface area contributed by atoms with Crippen LogP contribution in [0.25, 0.3) is 0 Å². The molecule has 2 aliphatic heterocycles. The van der Waals surface area contributed by atoms with Gasteiger partial charge >= 0.3 is 0 Å². The zero-order valence-electron chi connectivity index (χ0n) is 11.7. The lowest BCUT2D eigenvalue weighted by Crippen LogP contribution is -2.41. The molecule has 0 N–H and O–H groups in total. The Bertz CT molecular complexity index is 818. The predicted octanol–water partition coefficient (Wildman–Crippen LogP) is 1.39. The zero-order valence-corrected chi connectivity index (χ0v) is 12.5. The molecule has 0 radical (unpaired) electrons. The average Bonchev–Trinajstić information content (AvgIpc) is 3.04. The molecule has 112 valence electrons. The summed E-state index contributed by atoms with van der Waals surface area (Å²) in [6.07, 6.45) is 1.40. The van der Waals surface area contributed by atoms with Gasteiger partial charge in [0.15, 0.2) is 5.16 Å². The van der Waals surface area contributed by atoms with E-state index < -0.39 is 0 Å². The van der Waals surface area contributed by atoms with Gasteiger partial charge in [0.1, 0.15) is 17.9 Å². The van der Waals surface area contributed by atoms with Gasteiger partial charge in [-0.15, -0.1) is 0 Å². The summed E-state index contributed by atoms with van der Waals surface area (Å²) in [7, 11) is 0. The molecule has 0 spiro atoms. The van der Waals surface area contributed by atoms with Crippen LogP contribution in [0.15, 0.2) is 40.4 Å². The predicted molar refractivity (Wildman–Crippen MR) is 82.8 cm³/mol. The summed E-state index contributed by atoms with van der Waals surface area (Å²) in [5, 5.41) is 0.684. The van der Waals surface area contributed by atoms with Gasteiger partial charge in [-0.3, -0.25) is 14.2 Å². The van der Waals surface area contributed by atoms with Crippen molar-refractivity contribution in [2.75, 3.05) is 23.8 Å². The average molecular weight is 315 g/mol. The van der Waals surface area contributed by atoms with E-state index in [2.05, 4.69) is 4.98 Å². The largest absolute Gasteiger partial charge is 0.490 e. The smallest absolute Gasteiger partial charge is 0.267 e. The normalized spacial score (nSPS) is 15.9. The van der Waals surface area contributed by atoms with E-state index in [1.807, 2.05) is 24.3 Å². The minimum absolute atomic E-state index is 0.114. The third-order valence-electron chi connectivity index (χ3n) is 3.76. The number of carbonyl (C=O) groups excluding carboxylic acids is 1. The van der Waals surface area contributed by atoms with Gasteiger partial charge in [0.2, 0.25) is 0 Å². The van der Waals surface area contributed by atoms with Crippen LogP contribution in [0.2, 0.25) is 0 Å². The van der Waals surface area contributed by atoms with Gasteiger partial charge in [-0.1, -0.05) is 23.9 Å². The molecule has 0 unspecified atom stereocenters. The van der Waals surface area contributed by atoms with Crippen molar-refractivity contribution in [1.29, 1.82) is 0 Å². The van der Waals surface area contributed by atoms with E-state index in [0.29, 0.717) is 36.3 Å². The Balaban J connectivity index is 1.76. The number of amides is 1. The maximum Gasteiger partial charge on any atom is 0.267 e. The number of rotatable bonds is 1. The van der Waals surface area contributed by atoms with Crippen molar-refractivity contribution in [2.45, 2.75) is 11.7 Å². The van der Waals surface area contributed by atoms with E-state index in [1.54, 1.807) is 9.47 Å². The van der Waals surface area contributed by atoms with E-state index in [0.717, 1.165) is 5.75 Å². The van der Waals surface area contributed by atoms with Crippen LogP contribution < -0.4 is 15.2 Å². The molecular formula is C15H13N3O3S. The number of thioether (sulfide) groups is 1. The number of hydrogen-bond acceptors (Lipinski definition) is 5. The lowest BCUT2D eigenvalue weighted by atomic mass is 10.2. The number of anilines is 1. The molecule has 4 rings (SSSR count). The third-order valence-corrected chi connectivity index (χ3v) is 4.73. The molecule has 3 heterocycles. The fourth-order valence-corrected chi connectivity index (χ4v) is 3.60. The topological polar surface area (TPSA) is 64.4 Å². The summed E-state index contributed by atoms with van der Waals surface area (Å²) in [4.78, 5) is 31.1. The van der Waals surface area contributed by atoms with Crippen LogP contribution in [0.1, 0.15) is 10.4 Å². The van der Waals surface area contributed by atoms with Crippen LogP contribution in [0, 0.1) is 0 Å². The van der Waals surface area contributed by atoms with E-state index in [-0.39, 0.29) is 17.0 Å². The highest BCUT2D eigenvalue weighted by Gasteiger charge is 2.28. The van der Waals surface area contributed by atoms with Crippen molar-refractivity contribution in [3.05, 3.63) is 46.4 Å². The molecule has 0 bridgehead atoms. The van der Waals surface area contributed by atoms with Gasteiger partial charge in [-0.25, -0.2) is 4.98 Å². The minimum atomic E-state index is -0.319. The second-order valence-electron chi connectivity index (χ2n) is 5.03. The first kappa shape index (κ1) is 13.4. The van der Waals surface area contributed by atoms with E-state index in [9.17, 15) is 9.59 Å². The summed E-state index contributed by atoms with van der Waals surface area (Å²) < 4.78 is 7.12. The highest BCUT2D eigenvalue weighted by molar-refractivity contribution is 7.99. The maximum atomic E-state index is 12.8. The molecule has 1 aromatic heterocycles. The molecule has 0 aliphatic carbocycles. The van der Waals surface area contributed by atoms with Gasteiger partial charge < -0.3 is 9.64 Å². The highest BCUT2D eigenvalue weighted by Crippen LogP contribution is 2.31. The number of para-hydroxylation sites is 2. The second-order valence-corrected chi connectivity index (χ2v) is 6.09. The summed E-state index contributed by atoms with van der Waals surface area (Å²) >= 11 is 1.53. The van der Waals surface area contributed by atoms with E-state index >= 15 is 0 Å². The van der Waals surface area contributed by atoms with Gasteiger partial charge in [0, 0.05) is 18.5 Å². The van der Waals surface area contributed by atoms with E-state index in [4.69, 9.17) is 4.74 Å². The second kappa shape index (κ2) is 5.17. The number of nitrogens with zero attached hydrogens (tertiary/aromatic N) is 3. The first-order valence-corrected chi connectivity index (χ1v) is 8.00. The fourth-order valence-electron chi connectivity index (χ4n) is 2.69. The van der Waals surface area contributed by atoms with Crippen LogP contribution in [0.3, 0.4) is 0 Å². The Labute approximate surface area is 130 Å². The third kappa shape index (κ3) is 2.00. The number of carbonyl (C=O) groups is 1. The summed E-state index contributed by atoms with van der Waals surface area (Å²) in [5.41, 5.74) is 0.546. The first-order valence-electron chi connectivity index (χ1n) is 7.02. The van der Waals surface area contributed by atoms with Gasteiger partial charge in [0.05, 0.1) is 12.2 Å². The monoisotopic (exact) mass is 315 g/mol. The van der Waals surface area contributed by atoms with Crippen LogP contribution in [0.5, 0.6) is 5.75 Å². The fraction of sp³-hybridized carbons (Fsp3) is 0.267. The highest BCUT2D eigenvalue weighted by atomic mass is 32.2. The molecule has 2 aromatic rings. The molecule has 6 nitrogen and oxygen atoms in total. The minimum Gasteiger partial charge on any atom is -0.490 e. The van der Waals surface area contributed by atoms with Crippen LogP contribution in [-0.4, -0.2) is 34.4 Å². The Morgan fingerprint density at radius 3 is 3.05 bits per heavy atom. The van der Waals surface area contributed by atoms with Gasteiger partial charge in [-0.2, -0.15) is 0 Å². The molecule has 1 amide bonds. The lowest BCUT2D eigenvalue weighted by Gasteiger charge is -2.29. The Kier molecular flexibility index (Phi) is 3.15. The van der Waals surface area contributed by atoms with Crippen LogP contribution >= 0.6 is 11.8 Å². The molecule has 22 heavy (non-hydrogen) atoms. The Hall–Kier alpha value is -2.28. The number of fused-ring (bicyclic) bond motifs is 2. The number of benzene rings is 1. The summed E-state index contributed by atoms with van der Waals surface area (Å²) in [5.74, 6) is 1.16. The molecule has 0 fully saturated rings. The van der Waals surface area contributed by atoms with Crippen molar-refractivity contribution < 1.29 is 9.53 Å². The summed E-state index contributed by atoms with van der Waals surface area (Å²) in [6, 6.07) is 7.34. The van der Waals surface area contributed by atoms with Crippen molar-refractivity contribution >= 4 is 23.4 Å². The molecular weight excluding hydrogens is 302 g/mol. The quantitative estimate of drug-likeness (QED) is 0.744. The van der Waals surface area contributed by atoms with Crippen molar-refractivity contribution in [2.24, 2.45) is 0 Å². The number of hydrogen-bond donors (Lipinski definition) is 0. The summed E-state index contributed by atoms with van der Waals surface area (Å²) in [6.45, 7) is 1.44. The molecule has 0 saturated carbocycles. The molecule has 0 atom stereocenters. The Morgan fingerprint density at radius 2 is 2.14 bits per heavy atom. The SMILES string of the molecule is O=C(c1cnc2n(c1=O)CCS2)N1CCOc2ccccc21. The van der Waals surface area contributed by atoms with Crippen molar-refractivity contribution in [3.8, 4) is 5.75 Å². The molecule has 2 aliphatic rings. The number of aromatic nitrogens is 2. The Morgan fingerprint density at radius 1 is 1.27 bits per heavy atom. The van der Waals surface area contributed by atoms with Crippen molar-refractivity contribution in [3.63, 3.8) is 0 Å². The first-order chi connectivity index (χ1) is 10.8. The standard InChI is InChI=1S/C15H13N3O3S/c19-13(10-9-16-15-18(14(10)20)6-8-22-15)17-5-7-21-12-4-2-1-3-11(12)17/h1-4,9H,5-8H2. The van der Waals surface area contributed by atoms with Gasteiger partial charge in [0.25, 0.3) is 11.5 Å².